The van der Waals surface area contributed by atoms with E-state index in [0.29, 0.717) is 17.0 Å². The molecule has 0 bridgehead atoms. The van der Waals surface area contributed by atoms with Crippen LogP contribution >= 0.6 is 0 Å². The molecule has 2 heterocycles. The maximum Gasteiger partial charge on any atom is 0.277 e. The average Bonchev–Trinajstić information content (AvgIpc) is 3.14. The lowest BCUT2D eigenvalue weighted by Crippen LogP contribution is -2.22. The number of aryl methyl sites for hydroxylation is 1. The Hall–Kier alpha value is -3.04. The molecule has 1 aromatic carbocycles. The first-order valence-electron chi connectivity index (χ1n) is 8.00. The van der Waals surface area contributed by atoms with Gasteiger partial charge in [-0.3, -0.25) is 9.78 Å². The second-order valence-electron chi connectivity index (χ2n) is 6.04. The van der Waals surface area contributed by atoms with Gasteiger partial charge in [0.05, 0.1) is 4.90 Å². The highest BCUT2D eigenvalue weighted by Gasteiger charge is 2.20. The van der Waals surface area contributed by atoms with Crippen molar-refractivity contribution in [2.45, 2.75) is 11.8 Å². The molecule has 0 atom stereocenters. The fourth-order valence-electron chi connectivity index (χ4n) is 2.32. The molecule has 0 spiro atoms. The van der Waals surface area contributed by atoms with E-state index >= 15 is 0 Å². The summed E-state index contributed by atoms with van der Waals surface area (Å²) in [6.45, 7) is 1.77. The third kappa shape index (κ3) is 3.88. The average molecular weight is 386 g/mol. The molecule has 0 unspecified atom stereocenters. The maximum atomic E-state index is 12.5. The largest absolute Gasteiger partial charge is 0.355 e. The molecule has 0 aliphatic heterocycles. The van der Waals surface area contributed by atoms with Crippen molar-refractivity contribution in [1.82, 2.24) is 14.4 Å². The molecule has 3 aromatic rings. The van der Waals surface area contributed by atoms with E-state index in [4.69, 9.17) is 4.52 Å². The van der Waals surface area contributed by atoms with Crippen molar-refractivity contribution in [2.75, 3.05) is 19.4 Å². The summed E-state index contributed by atoms with van der Waals surface area (Å²) in [5.41, 5.74) is 1.87. The van der Waals surface area contributed by atoms with Crippen molar-refractivity contribution in [3.63, 3.8) is 0 Å². The lowest BCUT2D eigenvalue weighted by atomic mass is 10.2. The topological polar surface area (TPSA) is 105 Å². The van der Waals surface area contributed by atoms with E-state index < -0.39 is 15.9 Å². The van der Waals surface area contributed by atoms with Crippen LogP contribution in [0.15, 0.2) is 58.2 Å². The Bertz CT molecular complexity index is 1080. The molecule has 9 heteroatoms. The minimum atomic E-state index is -3.61. The number of amides is 1. The van der Waals surface area contributed by atoms with Gasteiger partial charge in [-0.05, 0) is 36.8 Å². The van der Waals surface area contributed by atoms with Crippen molar-refractivity contribution in [1.29, 1.82) is 0 Å². The van der Waals surface area contributed by atoms with Crippen molar-refractivity contribution < 1.29 is 17.7 Å². The number of carbonyl (C=O) groups is 1. The molecule has 0 saturated carbocycles. The summed E-state index contributed by atoms with van der Waals surface area (Å²) >= 11 is 0. The Morgan fingerprint density at radius 3 is 2.63 bits per heavy atom. The maximum absolute atomic E-state index is 12.5. The summed E-state index contributed by atoms with van der Waals surface area (Å²) in [4.78, 5) is 16.6. The lowest BCUT2D eigenvalue weighted by Gasteiger charge is -2.14. The van der Waals surface area contributed by atoms with Gasteiger partial charge < -0.3 is 9.84 Å². The van der Waals surface area contributed by atoms with Gasteiger partial charge >= 0.3 is 0 Å². The summed E-state index contributed by atoms with van der Waals surface area (Å²) in [6, 6.07) is 9.59. The van der Waals surface area contributed by atoms with Gasteiger partial charge in [0, 0.05) is 43.8 Å². The Morgan fingerprint density at radius 2 is 1.96 bits per heavy atom. The van der Waals surface area contributed by atoms with Crippen LogP contribution in [0.1, 0.15) is 16.1 Å². The van der Waals surface area contributed by atoms with Crippen LogP contribution in [0.5, 0.6) is 0 Å². The molecule has 0 radical (unpaired) electrons. The zero-order valence-electron chi connectivity index (χ0n) is 15.0. The molecule has 27 heavy (non-hydrogen) atoms. The second kappa shape index (κ2) is 7.29. The predicted octanol–water partition coefficient (Wildman–Crippen LogP) is 2.55. The zero-order chi connectivity index (χ0) is 19.6. The smallest absolute Gasteiger partial charge is 0.277 e. The van der Waals surface area contributed by atoms with Gasteiger partial charge in [-0.25, -0.2) is 12.7 Å². The normalized spacial score (nSPS) is 11.6. The van der Waals surface area contributed by atoms with Crippen LogP contribution in [0, 0.1) is 6.92 Å². The van der Waals surface area contributed by atoms with Crippen LogP contribution in [0.2, 0.25) is 0 Å². The van der Waals surface area contributed by atoms with Crippen LogP contribution in [0.3, 0.4) is 0 Å². The SMILES string of the molecule is Cc1ccc(S(=O)(=O)N(C)C)cc1NC(=O)c1cc(-c2cccnc2)on1. The van der Waals surface area contributed by atoms with E-state index in [9.17, 15) is 13.2 Å². The van der Waals surface area contributed by atoms with E-state index in [1.165, 1.54) is 32.3 Å². The molecule has 8 nitrogen and oxygen atoms in total. The number of hydrogen-bond donors (Lipinski definition) is 1. The Balaban J connectivity index is 1.86. The van der Waals surface area contributed by atoms with Crippen LogP contribution in [0.25, 0.3) is 11.3 Å². The summed E-state index contributed by atoms with van der Waals surface area (Å²) in [5, 5.41) is 6.46. The van der Waals surface area contributed by atoms with Gasteiger partial charge in [-0.15, -0.1) is 0 Å². The first-order valence-corrected chi connectivity index (χ1v) is 9.44. The first kappa shape index (κ1) is 18.7. The van der Waals surface area contributed by atoms with E-state index in [1.54, 1.807) is 37.5 Å². The number of rotatable bonds is 5. The van der Waals surface area contributed by atoms with E-state index in [-0.39, 0.29) is 10.6 Å². The van der Waals surface area contributed by atoms with Crippen LogP contribution in [-0.4, -0.2) is 42.9 Å². The van der Waals surface area contributed by atoms with Gasteiger partial charge in [0.25, 0.3) is 5.91 Å². The molecule has 1 N–H and O–H groups in total. The molecule has 0 aliphatic carbocycles. The standard InChI is InChI=1S/C18H18N4O4S/c1-12-6-7-14(27(24,25)22(2)3)9-15(12)20-18(23)16-10-17(26-21-16)13-5-4-8-19-11-13/h4-11H,1-3H3,(H,20,23). The molecule has 3 rings (SSSR count). The highest BCUT2D eigenvalue weighted by molar-refractivity contribution is 7.89. The second-order valence-corrected chi connectivity index (χ2v) is 8.19. The Morgan fingerprint density at radius 1 is 1.19 bits per heavy atom. The molecular weight excluding hydrogens is 368 g/mol. The number of hydrogen-bond acceptors (Lipinski definition) is 6. The van der Waals surface area contributed by atoms with E-state index in [0.717, 1.165) is 9.87 Å². The molecule has 0 aliphatic rings. The summed E-state index contributed by atoms with van der Waals surface area (Å²) < 4.78 is 30.9. The van der Waals surface area contributed by atoms with E-state index in [2.05, 4.69) is 15.5 Å². The number of pyridine rings is 1. The molecule has 0 saturated heterocycles. The summed E-state index contributed by atoms with van der Waals surface area (Å²) in [7, 11) is -0.713. The fourth-order valence-corrected chi connectivity index (χ4v) is 3.25. The van der Waals surface area contributed by atoms with E-state index in [1.807, 2.05) is 0 Å². The minimum absolute atomic E-state index is 0.0779. The quantitative estimate of drug-likeness (QED) is 0.722. The first-order chi connectivity index (χ1) is 12.8. The van der Waals surface area contributed by atoms with Crippen LogP contribution < -0.4 is 5.32 Å². The van der Waals surface area contributed by atoms with Crippen LogP contribution in [0.4, 0.5) is 5.69 Å². The van der Waals surface area contributed by atoms with Gasteiger partial charge in [0.1, 0.15) is 0 Å². The fraction of sp³-hybridized carbons (Fsp3) is 0.167. The summed E-state index contributed by atoms with van der Waals surface area (Å²) in [6.07, 6.45) is 3.23. The zero-order valence-corrected chi connectivity index (χ0v) is 15.8. The van der Waals surface area contributed by atoms with Crippen molar-refractivity contribution in [3.05, 3.63) is 60.0 Å². The number of nitrogens with zero attached hydrogens (tertiary/aromatic N) is 3. The monoisotopic (exact) mass is 386 g/mol. The van der Waals surface area contributed by atoms with Crippen molar-refractivity contribution in [3.8, 4) is 11.3 Å². The summed E-state index contributed by atoms with van der Waals surface area (Å²) in [5.74, 6) is -0.0923. The molecule has 140 valence electrons. The number of nitrogens with one attached hydrogen (secondary N) is 1. The predicted molar refractivity (Wildman–Crippen MR) is 99.7 cm³/mol. The third-order valence-electron chi connectivity index (χ3n) is 3.92. The van der Waals surface area contributed by atoms with Gasteiger partial charge in [-0.2, -0.15) is 0 Å². The number of sulfonamides is 1. The minimum Gasteiger partial charge on any atom is -0.355 e. The van der Waals surface area contributed by atoms with Crippen LogP contribution in [-0.2, 0) is 10.0 Å². The van der Waals surface area contributed by atoms with Gasteiger partial charge in [-0.1, -0.05) is 11.2 Å². The molecule has 2 aromatic heterocycles. The third-order valence-corrected chi connectivity index (χ3v) is 5.74. The number of anilines is 1. The molecular formula is C18H18N4O4S. The Labute approximate surface area is 156 Å². The highest BCUT2D eigenvalue weighted by atomic mass is 32.2. The number of benzene rings is 1. The van der Waals surface area contributed by atoms with Gasteiger partial charge in [0.15, 0.2) is 11.5 Å². The highest BCUT2D eigenvalue weighted by Crippen LogP contribution is 2.23. The van der Waals surface area contributed by atoms with Crippen molar-refractivity contribution in [2.24, 2.45) is 0 Å². The lowest BCUT2D eigenvalue weighted by molar-refractivity contribution is 0.101. The number of aromatic nitrogens is 2. The molecule has 1 amide bonds. The number of carbonyl (C=O) groups excluding carboxylic acids is 1. The molecule has 0 fully saturated rings. The van der Waals surface area contributed by atoms with Crippen molar-refractivity contribution >= 4 is 21.6 Å². The Kier molecular flexibility index (Phi) is 5.06. The van der Waals surface area contributed by atoms with Gasteiger partial charge in [0.2, 0.25) is 10.0 Å².